The number of aryl methyl sites for hydroxylation is 1. The van der Waals surface area contributed by atoms with Gasteiger partial charge in [0.05, 0.1) is 0 Å². The second-order valence-corrected chi connectivity index (χ2v) is 4.45. The molecule has 1 aromatic rings. The number of hydrogen-bond acceptors (Lipinski definition) is 2. The molecule has 2 rings (SSSR count). The molecule has 1 aliphatic rings. The Hall–Kier alpha value is -1.02. The molecule has 0 amide bonds. The summed E-state index contributed by atoms with van der Waals surface area (Å²) in [5.41, 5.74) is 8.23. The van der Waals surface area contributed by atoms with Crippen LogP contribution in [0.4, 0.5) is 0 Å². The van der Waals surface area contributed by atoms with E-state index >= 15 is 0 Å². The van der Waals surface area contributed by atoms with Gasteiger partial charge in [0.2, 0.25) is 0 Å². The van der Waals surface area contributed by atoms with Crippen LogP contribution in [0.5, 0.6) is 5.75 Å². The van der Waals surface area contributed by atoms with E-state index in [1.807, 2.05) is 26.0 Å². The quantitative estimate of drug-likeness (QED) is 0.751. The van der Waals surface area contributed by atoms with Crippen LogP contribution in [0.15, 0.2) is 18.2 Å². The van der Waals surface area contributed by atoms with Crippen molar-refractivity contribution in [3.05, 3.63) is 29.3 Å². The van der Waals surface area contributed by atoms with Crippen molar-refractivity contribution in [3.63, 3.8) is 0 Å². The van der Waals surface area contributed by atoms with Gasteiger partial charge in [-0.2, -0.15) is 0 Å². The largest absolute Gasteiger partial charge is 0.508 e. The lowest BCUT2D eigenvalue weighted by Crippen LogP contribution is -2.31. The molecular weight excluding hydrogens is 174 g/mol. The van der Waals surface area contributed by atoms with Gasteiger partial charge in [0.25, 0.3) is 0 Å². The van der Waals surface area contributed by atoms with Gasteiger partial charge in [0.15, 0.2) is 0 Å². The first kappa shape index (κ1) is 9.53. The third kappa shape index (κ3) is 1.30. The average Bonchev–Trinajstić information content (AvgIpc) is 2.90. The molecule has 0 radical (unpaired) electrons. The standard InChI is InChI=1S/C12H17NO/c1-8-3-4-10(7-11(8)14)12(5-6-12)9(2)13/h3-4,7,9,14H,5-6,13H2,1-2H3. The minimum atomic E-state index is 0.144. The zero-order chi connectivity index (χ0) is 10.3. The Bertz CT molecular complexity index is 353. The minimum Gasteiger partial charge on any atom is -0.508 e. The topological polar surface area (TPSA) is 46.2 Å². The highest BCUT2D eigenvalue weighted by atomic mass is 16.3. The summed E-state index contributed by atoms with van der Waals surface area (Å²) < 4.78 is 0. The highest BCUT2D eigenvalue weighted by Gasteiger charge is 2.47. The Labute approximate surface area is 84.7 Å². The molecule has 0 spiro atoms. The molecule has 1 aromatic carbocycles. The zero-order valence-corrected chi connectivity index (χ0v) is 8.75. The van der Waals surface area contributed by atoms with Crippen molar-refractivity contribution in [1.29, 1.82) is 0 Å². The molecule has 14 heavy (non-hydrogen) atoms. The van der Waals surface area contributed by atoms with E-state index in [1.165, 1.54) is 5.56 Å². The maximum absolute atomic E-state index is 9.63. The second kappa shape index (κ2) is 2.99. The Morgan fingerprint density at radius 3 is 2.50 bits per heavy atom. The van der Waals surface area contributed by atoms with E-state index in [-0.39, 0.29) is 11.5 Å². The smallest absolute Gasteiger partial charge is 0.118 e. The van der Waals surface area contributed by atoms with E-state index in [9.17, 15) is 5.11 Å². The number of hydrogen-bond donors (Lipinski definition) is 2. The molecule has 0 heterocycles. The molecule has 1 unspecified atom stereocenters. The lowest BCUT2D eigenvalue weighted by Gasteiger charge is -2.20. The summed E-state index contributed by atoms with van der Waals surface area (Å²) in [4.78, 5) is 0. The predicted octanol–water partition coefficient (Wildman–Crippen LogP) is 2.08. The molecule has 0 saturated heterocycles. The van der Waals surface area contributed by atoms with Gasteiger partial charge in [-0.1, -0.05) is 12.1 Å². The normalized spacial score (nSPS) is 20.5. The molecule has 3 N–H and O–H groups in total. The van der Waals surface area contributed by atoms with Crippen LogP contribution in [0.3, 0.4) is 0 Å². The molecule has 0 aliphatic heterocycles. The van der Waals surface area contributed by atoms with Crippen molar-refractivity contribution in [1.82, 2.24) is 0 Å². The molecule has 2 heteroatoms. The SMILES string of the molecule is Cc1ccc(C2(C(C)N)CC2)cc1O. The van der Waals surface area contributed by atoms with Crippen LogP contribution in [-0.2, 0) is 5.41 Å². The molecule has 1 aliphatic carbocycles. The number of nitrogens with two attached hydrogens (primary N) is 1. The second-order valence-electron chi connectivity index (χ2n) is 4.45. The number of phenolic OH excluding ortho intramolecular Hbond substituents is 1. The van der Waals surface area contributed by atoms with E-state index in [0.29, 0.717) is 5.75 Å². The minimum absolute atomic E-state index is 0.144. The first-order chi connectivity index (χ1) is 6.56. The van der Waals surface area contributed by atoms with Gasteiger partial charge >= 0.3 is 0 Å². The average molecular weight is 191 g/mol. The van der Waals surface area contributed by atoms with E-state index in [2.05, 4.69) is 6.07 Å². The molecule has 1 saturated carbocycles. The van der Waals surface area contributed by atoms with Gasteiger partial charge in [-0.25, -0.2) is 0 Å². The molecule has 0 bridgehead atoms. The molecule has 2 nitrogen and oxygen atoms in total. The fourth-order valence-electron chi connectivity index (χ4n) is 2.06. The van der Waals surface area contributed by atoms with Crippen LogP contribution in [0.1, 0.15) is 30.9 Å². The van der Waals surface area contributed by atoms with Gasteiger partial charge < -0.3 is 10.8 Å². The fourth-order valence-corrected chi connectivity index (χ4v) is 2.06. The summed E-state index contributed by atoms with van der Waals surface area (Å²) >= 11 is 0. The maximum atomic E-state index is 9.63. The summed E-state index contributed by atoms with van der Waals surface area (Å²) in [5, 5.41) is 9.63. The first-order valence-corrected chi connectivity index (χ1v) is 5.12. The van der Waals surface area contributed by atoms with Crippen LogP contribution < -0.4 is 5.73 Å². The summed E-state index contributed by atoms with van der Waals surface area (Å²) in [6.45, 7) is 3.95. The van der Waals surface area contributed by atoms with E-state index in [1.54, 1.807) is 0 Å². The highest BCUT2D eigenvalue weighted by Crippen LogP contribution is 2.50. The number of phenols is 1. The van der Waals surface area contributed by atoms with Crippen molar-refractivity contribution < 1.29 is 5.11 Å². The van der Waals surface area contributed by atoms with Crippen LogP contribution in [0.2, 0.25) is 0 Å². The Morgan fingerprint density at radius 2 is 2.07 bits per heavy atom. The number of aromatic hydroxyl groups is 1. The van der Waals surface area contributed by atoms with Crippen molar-refractivity contribution in [3.8, 4) is 5.75 Å². The summed E-state index contributed by atoms with van der Waals surface area (Å²) in [7, 11) is 0. The third-order valence-corrected chi connectivity index (χ3v) is 3.44. The van der Waals surface area contributed by atoms with E-state index in [0.717, 1.165) is 18.4 Å². The third-order valence-electron chi connectivity index (χ3n) is 3.44. The van der Waals surface area contributed by atoms with Gasteiger partial charge in [0, 0.05) is 11.5 Å². The zero-order valence-electron chi connectivity index (χ0n) is 8.75. The molecule has 1 atom stereocenters. The van der Waals surface area contributed by atoms with Crippen LogP contribution in [-0.4, -0.2) is 11.1 Å². The number of benzene rings is 1. The van der Waals surface area contributed by atoms with Crippen LogP contribution >= 0.6 is 0 Å². The summed E-state index contributed by atoms with van der Waals surface area (Å²) in [6, 6.07) is 6.09. The summed E-state index contributed by atoms with van der Waals surface area (Å²) in [5.74, 6) is 0.384. The first-order valence-electron chi connectivity index (χ1n) is 5.12. The van der Waals surface area contributed by atoms with Gasteiger partial charge in [-0.05, 0) is 43.9 Å². The van der Waals surface area contributed by atoms with Crippen molar-refractivity contribution in [2.45, 2.75) is 38.1 Å². The molecule has 1 fully saturated rings. The molecule has 0 aromatic heterocycles. The summed E-state index contributed by atoms with van der Waals surface area (Å²) in [6.07, 6.45) is 2.29. The Balaban J connectivity index is 2.38. The Kier molecular flexibility index (Phi) is 2.04. The lowest BCUT2D eigenvalue weighted by atomic mass is 9.89. The van der Waals surface area contributed by atoms with Gasteiger partial charge in [-0.15, -0.1) is 0 Å². The van der Waals surface area contributed by atoms with Crippen LogP contribution in [0, 0.1) is 6.92 Å². The highest BCUT2D eigenvalue weighted by molar-refractivity contribution is 5.42. The molecular formula is C12H17NO. The number of rotatable bonds is 2. The van der Waals surface area contributed by atoms with Gasteiger partial charge in [0.1, 0.15) is 5.75 Å². The van der Waals surface area contributed by atoms with E-state index in [4.69, 9.17) is 5.73 Å². The predicted molar refractivity (Wildman–Crippen MR) is 57.4 cm³/mol. The van der Waals surface area contributed by atoms with Crippen molar-refractivity contribution in [2.75, 3.05) is 0 Å². The molecule has 76 valence electrons. The fraction of sp³-hybridized carbons (Fsp3) is 0.500. The van der Waals surface area contributed by atoms with E-state index < -0.39 is 0 Å². The Morgan fingerprint density at radius 1 is 1.43 bits per heavy atom. The van der Waals surface area contributed by atoms with Gasteiger partial charge in [-0.3, -0.25) is 0 Å². The van der Waals surface area contributed by atoms with Crippen molar-refractivity contribution >= 4 is 0 Å². The monoisotopic (exact) mass is 191 g/mol. The van der Waals surface area contributed by atoms with Crippen molar-refractivity contribution in [2.24, 2.45) is 5.73 Å². The van der Waals surface area contributed by atoms with Crippen LogP contribution in [0.25, 0.3) is 0 Å². The maximum Gasteiger partial charge on any atom is 0.118 e. The lowest BCUT2D eigenvalue weighted by molar-refractivity contribution is 0.467.